The molecule has 0 bridgehead atoms. The molecule has 4 aromatic carbocycles. The van der Waals surface area contributed by atoms with Gasteiger partial charge in [-0.3, -0.25) is 9.78 Å². The Bertz CT molecular complexity index is 1360. The number of fused-ring (bicyclic) bond motifs is 4. The molecule has 1 heterocycles. The van der Waals surface area contributed by atoms with Crippen molar-refractivity contribution in [3.63, 3.8) is 0 Å². The largest absolute Gasteiger partial charge is 0.455 e. The maximum Gasteiger partial charge on any atom is 0.231 e. The van der Waals surface area contributed by atoms with Gasteiger partial charge in [-0.05, 0) is 48.5 Å². The molecule has 0 saturated carbocycles. The molecule has 170 valence electrons. The van der Waals surface area contributed by atoms with Crippen LogP contribution < -0.4 is 19.2 Å². The molecule has 0 amide bonds. The molecule has 8 heteroatoms. The molecule has 0 unspecified atom stereocenters. The molecule has 0 spiro atoms. The summed E-state index contributed by atoms with van der Waals surface area (Å²) in [5, 5.41) is 0. The molecule has 0 N–H and O–H groups in total. The van der Waals surface area contributed by atoms with E-state index in [1.54, 1.807) is 48.5 Å². The SMILES string of the molecule is C1=Nc2ccccc2OCOc2ccccc2N=C=Nc2ccccc2OOc2ccccc2N=1. The van der Waals surface area contributed by atoms with Crippen molar-refractivity contribution in [1.29, 1.82) is 0 Å². The number of para-hydroxylation sites is 8. The summed E-state index contributed by atoms with van der Waals surface area (Å²) in [7, 11) is 0. The minimum absolute atomic E-state index is 0.0549. The van der Waals surface area contributed by atoms with Gasteiger partial charge in [0.1, 0.15) is 46.3 Å². The van der Waals surface area contributed by atoms with Crippen LogP contribution in [0.3, 0.4) is 0 Å². The zero-order valence-corrected chi connectivity index (χ0v) is 18.4. The van der Waals surface area contributed by atoms with Crippen LogP contribution in [0.15, 0.2) is 117 Å². The van der Waals surface area contributed by atoms with Gasteiger partial charge in [0.05, 0.1) is 0 Å². The normalized spacial score (nSPS) is 12.6. The first kappa shape index (κ1) is 21.7. The second kappa shape index (κ2) is 10.6. The van der Waals surface area contributed by atoms with Crippen LogP contribution in [0.5, 0.6) is 23.0 Å². The average Bonchev–Trinajstić information content (AvgIpc) is 2.90. The highest BCUT2D eigenvalue weighted by Gasteiger charge is 2.08. The number of hydrogen-bond donors (Lipinski definition) is 0. The Morgan fingerprint density at radius 3 is 1.14 bits per heavy atom. The van der Waals surface area contributed by atoms with Crippen LogP contribution in [0.1, 0.15) is 0 Å². The maximum absolute atomic E-state index is 5.80. The summed E-state index contributed by atoms with van der Waals surface area (Å²) in [6, 6.07) is 34.1. The smallest absolute Gasteiger partial charge is 0.231 e. The molecule has 5 rings (SSSR count). The van der Waals surface area contributed by atoms with Crippen molar-refractivity contribution in [2.45, 2.75) is 0 Å². The number of benzene rings is 4. The summed E-state index contributed by atoms with van der Waals surface area (Å²) in [6.07, 6.45) is 0. The van der Waals surface area contributed by atoms with E-state index in [1.807, 2.05) is 48.5 Å². The van der Waals surface area contributed by atoms with Gasteiger partial charge in [0, 0.05) is 0 Å². The quantitative estimate of drug-likeness (QED) is 0.262. The fraction of sp³-hybridized carbons (Fsp3) is 0.0370. The Balaban J connectivity index is 1.56. The van der Waals surface area contributed by atoms with Crippen LogP contribution >= 0.6 is 0 Å². The molecule has 4 aromatic rings. The molecule has 8 nitrogen and oxygen atoms in total. The lowest BCUT2D eigenvalue weighted by molar-refractivity contribution is -0.0986. The van der Waals surface area contributed by atoms with E-state index in [2.05, 4.69) is 32.0 Å². The molecule has 35 heavy (non-hydrogen) atoms. The Hall–Kier alpha value is -5.16. The molecule has 0 saturated heterocycles. The van der Waals surface area contributed by atoms with E-state index in [9.17, 15) is 0 Å². The molecule has 0 aromatic heterocycles. The molecule has 0 radical (unpaired) electrons. The lowest BCUT2D eigenvalue weighted by atomic mass is 10.3. The molecule has 0 aliphatic carbocycles. The van der Waals surface area contributed by atoms with Crippen molar-refractivity contribution in [2.24, 2.45) is 20.0 Å². The van der Waals surface area contributed by atoms with Gasteiger partial charge in [-0.2, -0.15) is 20.0 Å². The van der Waals surface area contributed by atoms with Gasteiger partial charge in [-0.15, -0.1) is 0 Å². The zero-order chi connectivity index (χ0) is 23.7. The fourth-order valence-corrected chi connectivity index (χ4v) is 3.09. The van der Waals surface area contributed by atoms with Crippen LogP contribution in [0.4, 0.5) is 22.7 Å². The molecular weight excluding hydrogens is 444 g/mol. The molecular formula is C27H18N4O4. The standard InChI is InChI=1S/C27H18N4O4/c1-5-13-24-20(9-1)28-17-30-22-11-3-7-15-26(22)34-35-27-16-8-4-12-23(27)31-18-29-21-10-2-6-14-25(21)33-19-32-24/h1-16H,19H2. The summed E-state index contributed by atoms with van der Waals surface area (Å²) in [4.78, 5) is 28.3. The van der Waals surface area contributed by atoms with Crippen molar-refractivity contribution in [1.82, 2.24) is 0 Å². The predicted molar refractivity (Wildman–Crippen MR) is 132 cm³/mol. The van der Waals surface area contributed by atoms with Gasteiger partial charge in [0.2, 0.25) is 18.3 Å². The minimum atomic E-state index is -0.0549. The van der Waals surface area contributed by atoms with Gasteiger partial charge in [0.15, 0.2) is 0 Å². The van der Waals surface area contributed by atoms with Crippen LogP contribution in [-0.4, -0.2) is 18.8 Å². The third kappa shape index (κ3) is 5.43. The Kier molecular flexibility index (Phi) is 6.59. The van der Waals surface area contributed by atoms with Gasteiger partial charge in [-0.1, -0.05) is 48.5 Å². The first-order valence-electron chi connectivity index (χ1n) is 10.7. The van der Waals surface area contributed by atoms with E-state index in [0.717, 1.165) is 0 Å². The second-order valence-electron chi connectivity index (χ2n) is 7.09. The number of rotatable bonds is 0. The van der Waals surface area contributed by atoms with E-state index < -0.39 is 0 Å². The van der Waals surface area contributed by atoms with Crippen molar-refractivity contribution in [3.8, 4) is 23.0 Å². The first-order valence-corrected chi connectivity index (χ1v) is 10.7. The summed E-state index contributed by atoms with van der Waals surface area (Å²) < 4.78 is 11.6. The molecule has 1 aliphatic heterocycles. The summed E-state index contributed by atoms with van der Waals surface area (Å²) in [5.74, 6) is 1.79. The van der Waals surface area contributed by atoms with Gasteiger partial charge < -0.3 is 9.47 Å². The predicted octanol–water partition coefficient (Wildman–Crippen LogP) is 7.06. The second-order valence-corrected chi connectivity index (χ2v) is 7.09. The lowest BCUT2D eigenvalue weighted by Gasteiger charge is -2.10. The summed E-state index contributed by atoms with van der Waals surface area (Å²) in [6.45, 7) is -0.0549. The van der Waals surface area contributed by atoms with Crippen molar-refractivity contribution >= 4 is 34.8 Å². The van der Waals surface area contributed by atoms with E-state index in [1.165, 1.54) is 0 Å². The van der Waals surface area contributed by atoms with Crippen LogP contribution in [0.25, 0.3) is 0 Å². The van der Waals surface area contributed by atoms with Gasteiger partial charge in [-0.25, -0.2) is 0 Å². The minimum Gasteiger partial charge on any atom is -0.455 e. The third-order valence-electron chi connectivity index (χ3n) is 4.79. The monoisotopic (exact) mass is 462 g/mol. The zero-order valence-electron chi connectivity index (χ0n) is 18.4. The first-order chi connectivity index (χ1) is 17.4. The topological polar surface area (TPSA) is 86.4 Å². The highest BCUT2D eigenvalue weighted by Crippen LogP contribution is 2.32. The highest BCUT2D eigenvalue weighted by molar-refractivity contribution is 5.66. The highest BCUT2D eigenvalue weighted by atomic mass is 17.2. The summed E-state index contributed by atoms with van der Waals surface area (Å²) >= 11 is 0. The summed E-state index contributed by atoms with van der Waals surface area (Å²) in [5.41, 5.74) is 2.04. The maximum atomic E-state index is 5.80. The van der Waals surface area contributed by atoms with Crippen LogP contribution in [0.2, 0.25) is 0 Å². The van der Waals surface area contributed by atoms with Gasteiger partial charge in [0.25, 0.3) is 0 Å². The molecule has 0 fully saturated rings. The van der Waals surface area contributed by atoms with Crippen LogP contribution in [-0.2, 0) is 0 Å². The van der Waals surface area contributed by atoms with Crippen molar-refractivity contribution in [2.75, 3.05) is 6.79 Å². The van der Waals surface area contributed by atoms with E-state index >= 15 is 0 Å². The number of ether oxygens (including phenoxy) is 2. The van der Waals surface area contributed by atoms with E-state index in [0.29, 0.717) is 45.7 Å². The van der Waals surface area contributed by atoms with Crippen LogP contribution in [0, 0.1) is 0 Å². The van der Waals surface area contributed by atoms with Crippen molar-refractivity contribution in [3.05, 3.63) is 97.1 Å². The molecule has 1 aliphatic rings. The number of nitrogens with zero attached hydrogens (tertiary/aromatic N) is 4. The average molecular weight is 462 g/mol. The van der Waals surface area contributed by atoms with Crippen molar-refractivity contribution < 1.29 is 19.2 Å². The number of aliphatic imine (C=N–C) groups is 4. The Morgan fingerprint density at radius 2 is 0.743 bits per heavy atom. The van der Waals surface area contributed by atoms with E-state index in [-0.39, 0.29) is 6.79 Å². The molecule has 0 atom stereocenters. The Morgan fingerprint density at radius 1 is 0.429 bits per heavy atom. The van der Waals surface area contributed by atoms with E-state index in [4.69, 9.17) is 19.2 Å². The fourth-order valence-electron chi connectivity index (χ4n) is 3.09. The van der Waals surface area contributed by atoms with Gasteiger partial charge >= 0.3 is 0 Å². The number of hydrogen-bond acceptors (Lipinski definition) is 8. The Labute approximate surface area is 201 Å². The third-order valence-corrected chi connectivity index (χ3v) is 4.79. The lowest BCUT2D eigenvalue weighted by Crippen LogP contribution is -2.05.